The van der Waals surface area contributed by atoms with Crippen molar-refractivity contribution in [1.29, 1.82) is 0 Å². The van der Waals surface area contributed by atoms with Crippen LogP contribution in [0.5, 0.6) is 0 Å². The number of rotatable bonds is 3. The van der Waals surface area contributed by atoms with E-state index >= 15 is 0 Å². The van der Waals surface area contributed by atoms with Gasteiger partial charge in [0.25, 0.3) is 10.0 Å². The highest BCUT2D eigenvalue weighted by atomic mass is 32.2. The van der Waals surface area contributed by atoms with E-state index in [2.05, 4.69) is 4.98 Å². The number of sulfonamides is 1. The van der Waals surface area contributed by atoms with Crippen LogP contribution in [0.1, 0.15) is 0 Å². The number of anilines is 1. The normalized spacial score (nSPS) is 16.6. The van der Waals surface area contributed by atoms with Crippen LogP contribution >= 0.6 is 22.7 Å². The minimum absolute atomic E-state index is 0.148. The van der Waals surface area contributed by atoms with Crippen molar-refractivity contribution in [1.82, 2.24) is 9.29 Å². The number of nitrogens with zero attached hydrogens (tertiary/aromatic N) is 3. The lowest BCUT2D eigenvalue weighted by atomic mass is 10.3. The molecule has 0 N–H and O–H groups in total. The first-order valence-electron chi connectivity index (χ1n) is 7.49. The number of fused-ring (bicyclic) bond motifs is 1. The Kier molecular flexibility index (Phi) is 4.22. The van der Waals surface area contributed by atoms with Crippen LogP contribution in [0.3, 0.4) is 0 Å². The molecule has 0 spiro atoms. The molecule has 0 aliphatic carbocycles. The van der Waals surface area contributed by atoms with Gasteiger partial charge in [-0.05, 0) is 17.5 Å². The molecule has 25 heavy (non-hydrogen) atoms. The van der Waals surface area contributed by atoms with E-state index in [9.17, 15) is 17.2 Å². The van der Waals surface area contributed by atoms with Gasteiger partial charge in [-0.15, -0.1) is 11.3 Å². The Morgan fingerprint density at radius 1 is 1.12 bits per heavy atom. The minimum Gasteiger partial charge on any atom is -0.345 e. The molecule has 1 aliphatic rings. The molecular formula is C15H13F2N3O2S3. The Morgan fingerprint density at radius 2 is 1.88 bits per heavy atom. The summed E-state index contributed by atoms with van der Waals surface area (Å²) in [7, 11) is -3.46. The highest BCUT2D eigenvalue weighted by Gasteiger charge is 2.30. The zero-order chi connectivity index (χ0) is 17.6. The number of hydrogen-bond donors (Lipinski definition) is 0. The van der Waals surface area contributed by atoms with E-state index in [0.29, 0.717) is 40.2 Å². The molecule has 0 bridgehead atoms. The van der Waals surface area contributed by atoms with E-state index in [0.717, 1.165) is 6.07 Å². The van der Waals surface area contributed by atoms with Gasteiger partial charge in [0.15, 0.2) is 10.9 Å². The van der Waals surface area contributed by atoms with Crippen molar-refractivity contribution in [2.45, 2.75) is 4.21 Å². The lowest BCUT2D eigenvalue weighted by Crippen LogP contribution is -2.48. The summed E-state index contributed by atoms with van der Waals surface area (Å²) in [6.45, 7) is 1.56. The van der Waals surface area contributed by atoms with Gasteiger partial charge >= 0.3 is 0 Å². The molecule has 3 aromatic rings. The summed E-state index contributed by atoms with van der Waals surface area (Å²) < 4.78 is 54.4. The average molecular weight is 401 g/mol. The van der Waals surface area contributed by atoms with E-state index in [4.69, 9.17) is 0 Å². The first-order chi connectivity index (χ1) is 11.9. The maximum atomic E-state index is 13.8. The molecule has 0 unspecified atom stereocenters. The van der Waals surface area contributed by atoms with Crippen molar-refractivity contribution in [2.24, 2.45) is 0 Å². The Hall–Kier alpha value is -1.62. The smallest absolute Gasteiger partial charge is 0.252 e. The van der Waals surface area contributed by atoms with Crippen molar-refractivity contribution in [3.63, 3.8) is 0 Å². The topological polar surface area (TPSA) is 53.5 Å². The molecule has 3 heterocycles. The zero-order valence-corrected chi connectivity index (χ0v) is 15.3. The van der Waals surface area contributed by atoms with E-state index in [-0.39, 0.29) is 5.52 Å². The monoisotopic (exact) mass is 401 g/mol. The molecule has 0 amide bonds. The van der Waals surface area contributed by atoms with Gasteiger partial charge in [0.05, 0.1) is 4.70 Å². The summed E-state index contributed by atoms with van der Waals surface area (Å²) in [6.07, 6.45) is 0. The van der Waals surface area contributed by atoms with Gasteiger partial charge in [0.2, 0.25) is 0 Å². The number of hydrogen-bond acceptors (Lipinski definition) is 6. The van der Waals surface area contributed by atoms with Crippen molar-refractivity contribution in [2.75, 3.05) is 31.1 Å². The third-order valence-electron chi connectivity index (χ3n) is 4.00. The fraction of sp³-hybridized carbons (Fsp3) is 0.267. The number of thiazole rings is 1. The third kappa shape index (κ3) is 3.03. The Bertz CT molecular complexity index is 1010. The van der Waals surface area contributed by atoms with Gasteiger partial charge in [-0.1, -0.05) is 17.4 Å². The summed E-state index contributed by atoms with van der Waals surface area (Å²) in [5, 5.41) is 2.31. The van der Waals surface area contributed by atoms with Crippen LogP contribution in [0.2, 0.25) is 0 Å². The molecule has 1 aliphatic heterocycles. The highest BCUT2D eigenvalue weighted by Crippen LogP contribution is 2.32. The van der Waals surface area contributed by atoms with Crippen LogP contribution < -0.4 is 4.90 Å². The number of halogens is 2. The van der Waals surface area contributed by atoms with Crippen LogP contribution in [0, 0.1) is 11.6 Å². The molecule has 1 saturated heterocycles. The summed E-state index contributed by atoms with van der Waals surface area (Å²) in [6, 6.07) is 5.38. The van der Waals surface area contributed by atoms with Crippen molar-refractivity contribution < 1.29 is 17.2 Å². The summed E-state index contributed by atoms with van der Waals surface area (Å²) in [5.41, 5.74) is 0.148. The Labute approximate surface area is 151 Å². The summed E-state index contributed by atoms with van der Waals surface area (Å²) >= 11 is 2.40. The molecule has 1 fully saturated rings. The third-order valence-corrected chi connectivity index (χ3v) is 8.34. The molecule has 1 aromatic carbocycles. The molecular weight excluding hydrogens is 388 g/mol. The SMILES string of the molecule is O=S(=O)(c1cccs1)N1CCN(c2nc3c(F)cc(F)cc3s2)CC1. The quantitative estimate of drug-likeness (QED) is 0.677. The molecule has 2 aromatic heterocycles. The second-order valence-corrected chi connectivity index (χ2v) is 9.68. The first-order valence-corrected chi connectivity index (χ1v) is 10.6. The maximum Gasteiger partial charge on any atom is 0.252 e. The van der Waals surface area contributed by atoms with Crippen LogP contribution in [0.15, 0.2) is 33.9 Å². The predicted octanol–water partition coefficient (Wildman–Crippen LogP) is 3.15. The lowest BCUT2D eigenvalue weighted by Gasteiger charge is -2.33. The Morgan fingerprint density at radius 3 is 2.56 bits per heavy atom. The van der Waals surface area contributed by atoms with Crippen LogP contribution in [-0.4, -0.2) is 43.9 Å². The highest BCUT2D eigenvalue weighted by molar-refractivity contribution is 7.91. The predicted molar refractivity (Wildman–Crippen MR) is 94.8 cm³/mol. The zero-order valence-electron chi connectivity index (χ0n) is 12.9. The average Bonchev–Trinajstić information content (AvgIpc) is 3.25. The summed E-state index contributed by atoms with van der Waals surface area (Å²) in [4.78, 5) is 6.16. The van der Waals surface area contributed by atoms with Crippen LogP contribution in [0.4, 0.5) is 13.9 Å². The van der Waals surface area contributed by atoms with Gasteiger partial charge in [-0.25, -0.2) is 22.2 Å². The minimum atomic E-state index is -3.46. The lowest BCUT2D eigenvalue weighted by molar-refractivity contribution is 0.386. The van der Waals surface area contributed by atoms with E-state index in [1.807, 2.05) is 4.90 Å². The number of thiophene rings is 1. The van der Waals surface area contributed by atoms with Gasteiger partial charge in [0, 0.05) is 32.2 Å². The summed E-state index contributed by atoms with van der Waals surface area (Å²) in [5.74, 6) is -1.32. The van der Waals surface area contributed by atoms with Crippen LogP contribution in [-0.2, 0) is 10.0 Å². The van der Waals surface area contributed by atoms with E-state index < -0.39 is 21.7 Å². The number of piperazine rings is 1. The van der Waals surface area contributed by atoms with Gasteiger partial charge in [-0.3, -0.25) is 0 Å². The second kappa shape index (κ2) is 6.27. The van der Waals surface area contributed by atoms with Crippen LogP contribution in [0.25, 0.3) is 10.2 Å². The van der Waals surface area contributed by atoms with E-state index in [1.165, 1.54) is 33.0 Å². The van der Waals surface area contributed by atoms with Gasteiger partial charge in [0.1, 0.15) is 15.5 Å². The second-order valence-electron chi connectivity index (χ2n) is 5.55. The molecule has 0 saturated carbocycles. The first kappa shape index (κ1) is 16.8. The standard InChI is InChI=1S/C15H13F2N3O2S3/c16-10-8-11(17)14-12(9-10)24-15(18-14)19-3-5-20(6-4-19)25(21,22)13-2-1-7-23-13/h1-2,7-9H,3-6H2. The maximum absolute atomic E-state index is 13.8. The van der Waals surface area contributed by atoms with Gasteiger partial charge < -0.3 is 4.90 Å². The molecule has 0 radical (unpaired) electrons. The molecule has 10 heteroatoms. The molecule has 5 nitrogen and oxygen atoms in total. The largest absolute Gasteiger partial charge is 0.345 e. The number of benzene rings is 1. The van der Waals surface area contributed by atoms with Crippen molar-refractivity contribution >= 4 is 48.0 Å². The fourth-order valence-corrected chi connectivity index (χ4v) is 6.36. The fourth-order valence-electron chi connectivity index (χ4n) is 2.74. The number of aromatic nitrogens is 1. The molecule has 4 rings (SSSR count). The van der Waals surface area contributed by atoms with E-state index in [1.54, 1.807) is 17.5 Å². The molecule has 132 valence electrons. The molecule has 0 atom stereocenters. The van der Waals surface area contributed by atoms with Crippen molar-refractivity contribution in [3.05, 3.63) is 41.3 Å². The Balaban J connectivity index is 1.53. The van der Waals surface area contributed by atoms with Gasteiger partial charge in [-0.2, -0.15) is 4.31 Å². The van der Waals surface area contributed by atoms with Crippen molar-refractivity contribution in [3.8, 4) is 0 Å².